The van der Waals surface area contributed by atoms with Crippen molar-refractivity contribution in [2.75, 3.05) is 52.9 Å². The number of nitrogens with one attached hydrogen (secondary N) is 1. The Hall–Kier alpha value is -1.51. The number of carbonyl (C=O) groups is 1. The van der Waals surface area contributed by atoms with Gasteiger partial charge in [-0.2, -0.15) is 13.2 Å². The third kappa shape index (κ3) is 6.86. The molecule has 2 fully saturated rings. The zero-order valence-electron chi connectivity index (χ0n) is 16.4. The molecule has 2 saturated heterocycles. The van der Waals surface area contributed by atoms with E-state index in [1.54, 1.807) is 7.05 Å². The Bertz CT molecular complexity index is 498. The molecule has 2 aliphatic rings. The minimum atomic E-state index is -4.08. The van der Waals surface area contributed by atoms with E-state index in [0.29, 0.717) is 13.0 Å². The SMILES string of the molecule is CN=C(NCCCCC(F)(F)F)N1CCN(C(C)C(=O)N2CCCC2)CC1. The Kier molecular flexibility index (Phi) is 8.19. The van der Waals surface area contributed by atoms with Crippen LogP contribution >= 0.6 is 0 Å². The number of amides is 1. The van der Waals surface area contributed by atoms with E-state index in [-0.39, 0.29) is 18.4 Å². The lowest BCUT2D eigenvalue weighted by Gasteiger charge is -2.39. The van der Waals surface area contributed by atoms with Crippen molar-refractivity contribution in [2.45, 2.75) is 51.2 Å². The second-order valence-electron chi connectivity index (χ2n) is 7.28. The number of alkyl halides is 3. The maximum Gasteiger partial charge on any atom is 0.389 e. The highest BCUT2D eigenvalue weighted by molar-refractivity contribution is 5.82. The second-order valence-corrected chi connectivity index (χ2v) is 7.28. The molecule has 1 amide bonds. The summed E-state index contributed by atoms with van der Waals surface area (Å²) in [6, 6.07) is -0.109. The van der Waals surface area contributed by atoms with E-state index in [1.165, 1.54) is 0 Å². The van der Waals surface area contributed by atoms with Gasteiger partial charge in [0.1, 0.15) is 0 Å². The Morgan fingerprint density at radius 3 is 2.22 bits per heavy atom. The molecular weight excluding hydrogens is 359 g/mol. The maximum atomic E-state index is 12.5. The van der Waals surface area contributed by atoms with Crippen molar-refractivity contribution in [2.24, 2.45) is 4.99 Å². The summed E-state index contributed by atoms with van der Waals surface area (Å²) < 4.78 is 36.5. The number of rotatable bonds is 6. The van der Waals surface area contributed by atoms with Gasteiger partial charge in [-0.1, -0.05) is 0 Å². The number of aliphatic imine (C=N–C) groups is 1. The first-order valence-corrected chi connectivity index (χ1v) is 9.87. The minimum absolute atomic E-state index is 0.109. The van der Waals surface area contributed by atoms with Gasteiger partial charge in [0.25, 0.3) is 0 Å². The van der Waals surface area contributed by atoms with Crippen molar-refractivity contribution in [3.63, 3.8) is 0 Å². The van der Waals surface area contributed by atoms with Gasteiger partial charge in [0.05, 0.1) is 6.04 Å². The van der Waals surface area contributed by atoms with Crippen molar-refractivity contribution in [1.82, 2.24) is 20.0 Å². The van der Waals surface area contributed by atoms with Crippen molar-refractivity contribution < 1.29 is 18.0 Å². The zero-order chi connectivity index (χ0) is 19.9. The Labute approximate surface area is 159 Å². The molecule has 1 atom stereocenters. The molecule has 0 aromatic heterocycles. The van der Waals surface area contributed by atoms with Gasteiger partial charge in [0.15, 0.2) is 5.96 Å². The zero-order valence-corrected chi connectivity index (χ0v) is 16.4. The summed E-state index contributed by atoms with van der Waals surface area (Å²) in [6.07, 6.45) is -2.05. The van der Waals surface area contributed by atoms with Gasteiger partial charge in [-0.25, -0.2) is 0 Å². The molecule has 1 unspecified atom stereocenters. The van der Waals surface area contributed by atoms with Crippen LogP contribution in [-0.2, 0) is 4.79 Å². The Morgan fingerprint density at radius 1 is 1.04 bits per heavy atom. The molecule has 0 radical (unpaired) electrons. The molecule has 156 valence electrons. The van der Waals surface area contributed by atoms with Crippen LogP contribution in [0.5, 0.6) is 0 Å². The quantitative estimate of drug-likeness (QED) is 0.427. The number of guanidine groups is 1. The topological polar surface area (TPSA) is 51.2 Å². The van der Waals surface area contributed by atoms with E-state index in [2.05, 4.69) is 20.1 Å². The highest BCUT2D eigenvalue weighted by Crippen LogP contribution is 2.21. The average Bonchev–Trinajstić information content (AvgIpc) is 3.17. The standard InChI is InChI=1S/C18H32F3N5O/c1-15(16(27)25-9-5-6-10-25)24-11-13-26(14-12-24)17(22-2)23-8-4-3-7-18(19,20)21/h15H,3-14H2,1-2H3,(H,22,23). The number of piperazine rings is 1. The van der Waals surface area contributed by atoms with Crippen LogP contribution in [-0.4, -0.2) is 91.6 Å². The van der Waals surface area contributed by atoms with E-state index in [4.69, 9.17) is 0 Å². The van der Waals surface area contributed by atoms with Crippen LogP contribution in [0, 0.1) is 0 Å². The molecule has 9 heteroatoms. The van der Waals surface area contributed by atoms with E-state index < -0.39 is 12.6 Å². The fourth-order valence-corrected chi connectivity index (χ4v) is 3.66. The number of unbranched alkanes of at least 4 members (excludes halogenated alkanes) is 1. The summed E-state index contributed by atoms with van der Waals surface area (Å²) >= 11 is 0. The summed E-state index contributed by atoms with van der Waals surface area (Å²) in [5.41, 5.74) is 0. The van der Waals surface area contributed by atoms with Crippen LogP contribution in [0.15, 0.2) is 4.99 Å². The van der Waals surface area contributed by atoms with Crippen molar-refractivity contribution >= 4 is 11.9 Å². The molecule has 0 saturated carbocycles. The third-order valence-corrected chi connectivity index (χ3v) is 5.32. The first kappa shape index (κ1) is 21.8. The van der Waals surface area contributed by atoms with Crippen LogP contribution in [0.3, 0.4) is 0 Å². The molecule has 0 aliphatic carbocycles. The molecule has 27 heavy (non-hydrogen) atoms. The van der Waals surface area contributed by atoms with Crippen LogP contribution in [0.2, 0.25) is 0 Å². The summed E-state index contributed by atoms with van der Waals surface area (Å²) in [5.74, 6) is 0.938. The summed E-state index contributed by atoms with van der Waals surface area (Å²) in [4.78, 5) is 23.0. The lowest BCUT2D eigenvalue weighted by molar-refractivity contribution is -0.136. The van der Waals surface area contributed by atoms with Crippen LogP contribution in [0.25, 0.3) is 0 Å². The number of hydrogen-bond donors (Lipinski definition) is 1. The summed E-state index contributed by atoms with van der Waals surface area (Å²) in [5, 5.41) is 3.15. The fraction of sp³-hybridized carbons (Fsp3) is 0.889. The summed E-state index contributed by atoms with van der Waals surface area (Å²) in [6.45, 7) is 7.24. The number of nitrogens with zero attached hydrogens (tertiary/aromatic N) is 4. The van der Waals surface area contributed by atoms with Crippen LogP contribution in [0.1, 0.15) is 39.0 Å². The largest absolute Gasteiger partial charge is 0.389 e. The van der Waals surface area contributed by atoms with Gasteiger partial charge in [-0.15, -0.1) is 0 Å². The molecule has 2 aliphatic heterocycles. The Balaban J connectivity index is 1.70. The van der Waals surface area contributed by atoms with Gasteiger partial charge >= 0.3 is 6.18 Å². The second kappa shape index (κ2) is 10.1. The predicted molar refractivity (Wildman–Crippen MR) is 99.7 cm³/mol. The highest BCUT2D eigenvalue weighted by Gasteiger charge is 2.30. The van der Waals surface area contributed by atoms with Gasteiger partial charge in [-0.05, 0) is 32.6 Å². The Morgan fingerprint density at radius 2 is 1.67 bits per heavy atom. The highest BCUT2D eigenvalue weighted by atomic mass is 19.4. The van der Waals surface area contributed by atoms with E-state index in [0.717, 1.165) is 58.1 Å². The normalized spacial score (nSPS) is 20.9. The number of hydrogen-bond acceptors (Lipinski definition) is 3. The monoisotopic (exact) mass is 391 g/mol. The lowest BCUT2D eigenvalue weighted by Crippen LogP contribution is -2.57. The number of likely N-dealkylation sites (tertiary alicyclic amines) is 1. The molecule has 0 spiro atoms. The van der Waals surface area contributed by atoms with Crippen LogP contribution in [0.4, 0.5) is 13.2 Å². The summed E-state index contributed by atoms with van der Waals surface area (Å²) in [7, 11) is 1.68. The van der Waals surface area contributed by atoms with Crippen molar-refractivity contribution in [3.8, 4) is 0 Å². The van der Waals surface area contributed by atoms with E-state index in [9.17, 15) is 18.0 Å². The van der Waals surface area contributed by atoms with Gasteiger partial charge < -0.3 is 15.1 Å². The molecule has 0 aromatic carbocycles. The number of halogens is 3. The van der Waals surface area contributed by atoms with Crippen molar-refractivity contribution in [1.29, 1.82) is 0 Å². The molecule has 2 heterocycles. The first-order valence-electron chi connectivity index (χ1n) is 9.87. The van der Waals surface area contributed by atoms with E-state index >= 15 is 0 Å². The van der Waals surface area contributed by atoms with Gasteiger partial charge in [0, 0.05) is 59.3 Å². The molecule has 1 N–H and O–H groups in total. The maximum absolute atomic E-state index is 12.5. The third-order valence-electron chi connectivity index (χ3n) is 5.32. The van der Waals surface area contributed by atoms with Gasteiger partial charge in [-0.3, -0.25) is 14.7 Å². The molecule has 0 bridgehead atoms. The average molecular weight is 391 g/mol. The minimum Gasteiger partial charge on any atom is -0.356 e. The molecule has 0 aromatic rings. The van der Waals surface area contributed by atoms with Crippen LogP contribution < -0.4 is 5.32 Å². The predicted octanol–water partition coefficient (Wildman–Crippen LogP) is 1.92. The smallest absolute Gasteiger partial charge is 0.356 e. The number of carbonyl (C=O) groups excluding carboxylic acids is 1. The first-order chi connectivity index (χ1) is 12.8. The molecular formula is C18H32F3N5O. The fourth-order valence-electron chi connectivity index (χ4n) is 3.66. The van der Waals surface area contributed by atoms with E-state index in [1.807, 2.05) is 11.8 Å². The molecule has 6 nitrogen and oxygen atoms in total. The molecule has 2 rings (SSSR count). The van der Waals surface area contributed by atoms with Crippen molar-refractivity contribution in [3.05, 3.63) is 0 Å². The lowest BCUT2D eigenvalue weighted by atomic mass is 10.2. The van der Waals surface area contributed by atoms with Gasteiger partial charge in [0.2, 0.25) is 5.91 Å².